The van der Waals surface area contributed by atoms with Crippen LogP contribution in [0.15, 0.2) is 59.7 Å². The van der Waals surface area contributed by atoms with Crippen molar-refractivity contribution in [3.63, 3.8) is 0 Å². The van der Waals surface area contributed by atoms with Gasteiger partial charge in [-0.2, -0.15) is 5.10 Å². The van der Waals surface area contributed by atoms with Gasteiger partial charge in [0, 0.05) is 32.7 Å². The van der Waals surface area contributed by atoms with E-state index in [2.05, 4.69) is 10.5 Å². The van der Waals surface area contributed by atoms with Crippen molar-refractivity contribution in [2.75, 3.05) is 17.1 Å². The summed E-state index contributed by atoms with van der Waals surface area (Å²) in [5, 5.41) is 5.10. The van der Waals surface area contributed by atoms with Crippen molar-refractivity contribution in [2.45, 2.75) is 13.8 Å². The molecule has 0 bridgehead atoms. The van der Waals surface area contributed by atoms with E-state index < -0.39 is 22.5 Å². The lowest BCUT2D eigenvalue weighted by molar-refractivity contribution is -0.119. The van der Waals surface area contributed by atoms with Gasteiger partial charge in [-0.05, 0) is 62.4 Å². The molecule has 0 aliphatic heterocycles. The minimum absolute atomic E-state index is 0.334. The van der Waals surface area contributed by atoms with Crippen LogP contribution < -0.4 is 9.73 Å². The molecule has 3 aromatic rings. The number of hydrazone groups is 1. The van der Waals surface area contributed by atoms with E-state index in [-0.39, 0.29) is 0 Å². The zero-order valence-electron chi connectivity index (χ0n) is 17.7. The molecular weight excluding hydrogens is 471 g/mol. The molecule has 1 amide bonds. The van der Waals surface area contributed by atoms with Gasteiger partial charge in [-0.3, -0.25) is 9.10 Å². The highest BCUT2D eigenvalue weighted by atomic mass is 35.5. The standard InChI is InChI=1S/C22H22Cl2N4O3S/c1-15-11-17(16(2)28(15)21-6-4-5-19(24)12-21)13-25-26-22(29)14-27(32(3,30)31)20-9-7-18(23)8-10-20/h4-13H,14H2,1-3H3,(H,26,29)/b25-13+. The quantitative estimate of drug-likeness (QED) is 0.393. The third-order valence-corrected chi connectivity index (χ3v) is 6.36. The van der Waals surface area contributed by atoms with Gasteiger partial charge < -0.3 is 4.57 Å². The number of amides is 1. The van der Waals surface area contributed by atoms with Gasteiger partial charge in [0.15, 0.2) is 0 Å². The minimum atomic E-state index is -3.68. The number of hydrogen-bond acceptors (Lipinski definition) is 4. The van der Waals surface area contributed by atoms with Crippen LogP contribution in [0, 0.1) is 13.8 Å². The number of nitrogens with one attached hydrogen (secondary N) is 1. The molecule has 0 spiro atoms. The SMILES string of the molecule is Cc1cc(/C=N/NC(=O)CN(c2ccc(Cl)cc2)S(C)(=O)=O)c(C)n1-c1cccc(Cl)c1. The third kappa shape index (κ3) is 5.70. The van der Waals surface area contributed by atoms with E-state index in [0.717, 1.165) is 33.2 Å². The summed E-state index contributed by atoms with van der Waals surface area (Å²) in [7, 11) is -3.68. The Hall–Kier alpha value is -2.81. The number of rotatable bonds is 7. The summed E-state index contributed by atoms with van der Waals surface area (Å²) in [6.07, 6.45) is 2.55. The van der Waals surface area contributed by atoms with Gasteiger partial charge in [0.1, 0.15) is 6.54 Å². The molecule has 0 fully saturated rings. The van der Waals surface area contributed by atoms with E-state index in [9.17, 15) is 13.2 Å². The number of hydrogen-bond donors (Lipinski definition) is 1. The fourth-order valence-electron chi connectivity index (χ4n) is 3.28. The molecule has 2 aromatic carbocycles. The zero-order valence-corrected chi connectivity index (χ0v) is 20.0. The minimum Gasteiger partial charge on any atom is -0.318 e. The molecule has 0 radical (unpaired) electrons. The first-order valence-electron chi connectivity index (χ1n) is 9.56. The van der Waals surface area contributed by atoms with Crippen molar-refractivity contribution in [3.8, 4) is 5.69 Å². The molecule has 32 heavy (non-hydrogen) atoms. The Balaban J connectivity index is 1.73. The molecule has 0 aliphatic carbocycles. The van der Waals surface area contributed by atoms with E-state index >= 15 is 0 Å². The largest absolute Gasteiger partial charge is 0.318 e. The smallest absolute Gasteiger partial charge is 0.260 e. The van der Waals surface area contributed by atoms with Crippen LogP contribution >= 0.6 is 23.2 Å². The second-order valence-electron chi connectivity index (χ2n) is 7.18. The zero-order chi connectivity index (χ0) is 23.5. The van der Waals surface area contributed by atoms with Gasteiger partial charge in [-0.1, -0.05) is 29.3 Å². The maximum Gasteiger partial charge on any atom is 0.260 e. The van der Waals surface area contributed by atoms with Crippen molar-refractivity contribution >= 4 is 51.0 Å². The molecule has 3 rings (SSSR count). The van der Waals surface area contributed by atoms with E-state index in [0.29, 0.717) is 15.7 Å². The fraction of sp³-hybridized carbons (Fsp3) is 0.182. The highest BCUT2D eigenvalue weighted by molar-refractivity contribution is 7.92. The molecule has 0 atom stereocenters. The first-order valence-corrected chi connectivity index (χ1v) is 12.2. The highest BCUT2D eigenvalue weighted by Gasteiger charge is 2.20. The number of benzene rings is 2. The Labute approximate surface area is 197 Å². The number of anilines is 1. The average Bonchev–Trinajstić information content (AvgIpc) is 2.99. The van der Waals surface area contributed by atoms with Gasteiger partial charge in [-0.25, -0.2) is 13.8 Å². The summed E-state index contributed by atoms with van der Waals surface area (Å²) < 4.78 is 27.3. The van der Waals surface area contributed by atoms with E-state index in [4.69, 9.17) is 23.2 Å². The monoisotopic (exact) mass is 492 g/mol. The number of sulfonamides is 1. The average molecular weight is 493 g/mol. The van der Waals surface area contributed by atoms with E-state index in [1.165, 1.54) is 18.3 Å². The normalized spacial score (nSPS) is 11.7. The maximum atomic E-state index is 12.4. The molecule has 10 heteroatoms. The van der Waals surface area contributed by atoms with Crippen LogP contribution in [-0.4, -0.2) is 37.9 Å². The highest BCUT2D eigenvalue weighted by Crippen LogP contribution is 2.22. The molecule has 1 N–H and O–H groups in total. The molecule has 168 valence electrons. The summed E-state index contributed by atoms with van der Waals surface area (Å²) in [6.45, 7) is 3.47. The van der Waals surface area contributed by atoms with Crippen LogP contribution in [0.1, 0.15) is 17.0 Å². The van der Waals surface area contributed by atoms with Crippen molar-refractivity contribution in [1.82, 2.24) is 9.99 Å². The summed E-state index contributed by atoms with van der Waals surface area (Å²) in [5.74, 6) is -0.578. The first kappa shape index (κ1) is 23.8. The van der Waals surface area contributed by atoms with Crippen molar-refractivity contribution in [1.29, 1.82) is 0 Å². The second kappa shape index (κ2) is 9.77. The predicted molar refractivity (Wildman–Crippen MR) is 130 cm³/mol. The number of carbonyl (C=O) groups is 1. The Morgan fingerprint density at radius 2 is 1.78 bits per heavy atom. The van der Waals surface area contributed by atoms with Gasteiger partial charge in [0.05, 0.1) is 18.2 Å². The topological polar surface area (TPSA) is 83.8 Å². The summed E-state index contributed by atoms with van der Waals surface area (Å²) in [5.41, 5.74) is 6.34. The van der Waals surface area contributed by atoms with Gasteiger partial charge >= 0.3 is 0 Å². The molecule has 1 aromatic heterocycles. The molecule has 1 heterocycles. The van der Waals surface area contributed by atoms with Crippen LogP contribution in [0.2, 0.25) is 10.0 Å². The maximum absolute atomic E-state index is 12.4. The van der Waals surface area contributed by atoms with Gasteiger partial charge in [-0.15, -0.1) is 0 Å². The van der Waals surface area contributed by atoms with Crippen LogP contribution in [0.25, 0.3) is 5.69 Å². The van der Waals surface area contributed by atoms with Crippen molar-refractivity contribution in [2.24, 2.45) is 5.10 Å². The number of nitrogens with zero attached hydrogens (tertiary/aromatic N) is 3. The summed E-state index contributed by atoms with van der Waals surface area (Å²) in [6, 6.07) is 15.6. The Morgan fingerprint density at radius 3 is 2.41 bits per heavy atom. The molecule has 0 saturated heterocycles. The summed E-state index contributed by atoms with van der Waals surface area (Å²) >= 11 is 12.0. The number of aryl methyl sites for hydroxylation is 1. The molecule has 0 unspecified atom stereocenters. The van der Waals surface area contributed by atoms with Crippen molar-refractivity contribution < 1.29 is 13.2 Å². The summed E-state index contributed by atoms with van der Waals surface area (Å²) in [4.78, 5) is 12.4. The fourth-order valence-corrected chi connectivity index (χ4v) is 4.44. The Bertz CT molecular complexity index is 1270. The van der Waals surface area contributed by atoms with Crippen LogP contribution in [0.3, 0.4) is 0 Å². The number of halogens is 2. The Morgan fingerprint density at radius 1 is 1.09 bits per heavy atom. The first-order chi connectivity index (χ1) is 15.1. The van der Waals surface area contributed by atoms with Crippen LogP contribution in [0.5, 0.6) is 0 Å². The van der Waals surface area contributed by atoms with Crippen LogP contribution in [0.4, 0.5) is 5.69 Å². The van der Waals surface area contributed by atoms with E-state index in [1.807, 2.05) is 42.7 Å². The van der Waals surface area contributed by atoms with Crippen LogP contribution in [-0.2, 0) is 14.8 Å². The Kier molecular flexibility index (Phi) is 7.28. The molecule has 7 nitrogen and oxygen atoms in total. The van der Waals surface area contributed by atoms with Gasteiger partial charge in [0.25, 0.3) is 5.91 Å². The number of carbonyl (C=O) groups excluding carboxylic acids is 1. The van der Waals surface area contributed by atoms with E-state index in [1.54, 1.807) is 18.2 Å². The lowest BCUT2D eigenvalue weighted by Gasteiger charge is -2.21. The third-order valence-electron chi connectivity index (χ3n) is 4.73. The molecule has 0 aliphatic rings. The van der Waals surface area contributed by atoms with Crippen molar-refractivity contribution in [3.05, 3.63) is 81.6 Å². The molecular formula is C22H22Cl2N4O3S. The lowest BCUT2D eigenvalue weighted by Crippen LogP contribution is -2.39. The predicted octanol–water partition coefficient (Wildman–Crippen LogP) is 4.32. The second-order valence-corrected chi connectivity index (χ2v) is 9.96. The van der Waals surface area contributed by atoms with Gasteiger partial charge in [0.2, 0.25) is 10.0 Å². The number of aromatic nitrogens is 1. The molecule has 0 saturated carbocycles. The lowest BCUT2D eigenvalue weighted by atomic mass is 10.2.